The van der Waals surface area contributed by atoms with Crippen LogP contribution < -0.4 is 0 Å². The molecule has 0 saturated heterocycles. The molecule has 0 fully saturated rings. The lowest BCUT2D eigenvalue weighted by Gasteiger charge is -2.04. The van der Waals surface area contributed by atoms with Gasteiger partial charge in [-0.2, -0.15) is 5.26 Å². The summed E-state index contributed by atoms with van der Waals surface area (Å²) in [6.07, 6.45) is 1.58. The number of nitrogens with zero attached hydrogens (tertiary/aromatic N) is 4. The number of benzene rings is 1. The van der Waals surface area contributed by atoms with E-state index in [4.69, 9.17) is 5.26 Å². The van der Waals surface area contributed by atoms with Gasteiger partial charge in [-0.3, -0.25) is 0 Å². The van der Waals surface area contributed by atoms with Crippen LogP contribution in [0.15, 0.2) is 24.5 Å². The quantitative estimate of drug-likeness (QED) is 0.762. The fraction of sp³-hybridized carbons (Fsp3) is 0.250. The van der Waals surface area contributed by atoms with Crippen molar-refractivity contribution in [2.45, 2.75) is 20.4 Å². The Morgan fingerprint density at radius 1 is 1.31 bits per heavy atom. The molecule has 0 aliphatic carbocycles. The Balaban J connectivity index is 2.21. The highest BCUT2D eigenvalue weighted by Crippen LogP contribution is 2.10. The maximum Gasteiger partial charge on any atom is 0.252 e. The minimum atomic E-state index is 0.212. The summed E-state index contributed by atoms with van der Waals surface area (Å²) < 4.78 is 1.67. The summed E-state index contributed by atoms with van der Waals surface area (Å²) in [4.78, 5) is 3.86. The summed E-state index contributed by atoms with van der Waals surface area (Å²) in [5.74, 6) is 0.212. The fourth-order valence-corrected chi connectivity index (χ4v) is 1.51. The predicted molar refractivity (Wildman–Crippen MR) is 59.8 cm³/mol. The maximum atomic E-state index is 8.61. The summed E-state index contributed by atoms with van der Waals surface area (Å²) >= 11 is 0. The van der Waals surface area contributed by atoms with Crippen LogP contribution in [0.2, 0.25) is 0 Å². The van der Waals surface area contributed by atoms with Crippen molar-refractivity contribution in [3.05, 3.63) is 47.0 Å². The van der Waals surface area contributed by atoms with E-state index in [0.29, 0.717) is 6.54 Å². The van der Waals surface area contributed by atoms with E-state index in [0.717, 1.165) is 5.56 Å². The standard InChI is InChI=1S/C12H12N4/c1-9-3-4-11(5-10(9)2)7-16-8-14-12(6-13)15-16/h3-5,8H,7H2,1-2H3. The zero-order valence-corrected chi connectivity index (χ0v) is 9.31. The van der Waals surface area contributed by atoms with Crippen molar-refractivity contribution in [2.75, 3.05) is 0 Å². The average molecular weight is 212 g/mol. The molecule has 0 spiro atoms. The minimum Gasteiger partial charge on any atom is -0.247 e. The third kappa shape index (κ3) is 2.09. The average Bonchev–Trinajstić information content (AvgIpc) is 2.71. The maximum absolute atomic E-state index is 8.61. The first-order chi connectivity index (χ1) is 7.69. The molecule has 2 rings (SSSR count). The Morgan fingerprint density at radius 2 is 2.12 bits per heavy atom. The van der Waals surface area contributed by atoms with E-state index in [9.17, 15) is 0 Å². The van der Waals surface area contributed by atoms with Crippen LogP contribution in [0, 0.1) is 25.2 Å². The van der Waals surface area contributed by atoms with E-state index < -0.39 is 0 Å². The molecule has 16 heavy (non-hydrogen) atoms. The molecule has 4 nitrogen and oxygen atoms in total. The molecular weight excluding hydrogens is 200 g/mol. The lowest BCUT2D eigenvalue weighted by atomic mass is 10.1. The Morgan fingerprint density at radius 3 is 2.75 bits per heavy atom. The Labute approximate surface area is 94.2 Å². The molecule has 1 heterocycles. The van der Waals surface area contributed by atoms with Gasteiger partial charge >= 0.3 is 0 Å². The van der Waals surface area contributed by atoms with E-state index in [1.54, 1.807) is 11.0 Å². The molecule has 0 radical (unpaired) electrons. The number of hydrogen-bond donors (Lipinski definition) is 0. The van der Waals surface area contributed by atoms with Gasteiger partial charge in [-0.1, -0.05) is 18.2 Å². The van der Waals surface area contributed by atoms with Crippen LogP contribution in [0.5, 0.6) is 0 Å². The van der Waals surface area contributed by atoms with Gasteiger partial charge in [0.1, 0.15) is 12.4 Å². The molecule has 80 valence electrons. The molecule has 0 bridgehead atoms. The zero-order valence-electron chi connectivity index (χ0n) is 9.31. The monoisotopic (exact) mass is 212 g/mol. The van der Waals surface area contributed by atoms with Gasteiger partial charge in [0, 0.05) is 0 Å². The summed E-state index contributed by atoms with van der Waals surface area (Å²) in [5, 5.41) is 12.6. The number of aryl methyl sites for hydroxylation is 2. The van der Waals surface area contributed by atoms with E-state index >= 15 is 0 Å². The van der Waals surface area contributed by atoms with Crippen LogP contribution in [0.25, 0.3) is 0 Å². The SMILES string of the molecule is Cc1ccc(Cn2cnc(C#N)n2)cc1C. The lowest BCUT2D eigenvalue weighted by Crippen LogP contribution is -2.01. The summed E-state index contributed by atoms with van der Waals surface area (Å²) in [7, 11) is 0. The van der Waals surface area contributed by atoms with Crippen molar-refractivity contribution >= 4 is 0 Å². The smallest absolute Gasteiger partial charge is 0.247 e. The van der Waals surface area contributed by atoms with Crippen molar-refractivity contribution < 1.29 is 0 Å². The largest absolute Gasteiger partial charge is 0.252 e. The van der Waals surface area contributed by atoms with Crippen LogP contribution in [0.1, 0.15) is 22.5 Å². The highest BCUT2D eigenvalue weighted by atomic mass is 15.3. The Bertz CT molecular complexity index is 548. The predicted octanol–water partition coefficient (Wildman–Crippen LogP) is 1.81. The van der Waals surface area contributed by atoms with Crippen molar-refractivity contribution in [3.63, 3.8) is 0 Å². The molecule has 2 aromatic rings. The first kappa shape index (κ1) is 10.4. The highest BCUT2D eigenvalue weighted by molar-refractivity contribution is 5.29. The lowest BCUT2D eigenvalue weighted by molar-refractivity contribution is 0.682. The van der Waals surface area contributed by atoms with Crippen molar-refractivity contribution in [1.82, 2.24) is 14.8 Å². The number of hydrogen-bond acceptors (Lipinski definition) is 3. The number of nitriles is 1. The van der Waals surface area contributed by atoms with Gasteiger partial charge < -0.3 is 0 Å². The Kier molecular flexibility index (Phi) is 2.69. The van der Waals surface area contributed by atoms with Crippen molar-refractivity contribution in [1.29, 1.82) is 5.26 Å². The topological polar surface area (TPSA) is 54.5 Å². The molecule has 0 aliphatic heterocycles. The molecule has 0 N–H and O–H groups in total. The summed E-state index contributed by atoms with van der Waals surface area (Å²) in [5.41, 5.74) is 3.70. The van der Waals surface area contributed by atoms with E-state index in [2.05, 4.69) is 42.1 Å². The second kappa shape index (κ2) is 4.15. The zero-order chi connectivity index (χ0) is 11.5. The molecule has 0 amide bonds. The first-order valence-electron chi connectivity index (χ1n) is 5.05. The van der Waals surface area contributed by atoms with E-state index in [1.165, 1.54) is 11.1 Å². The summed E-state index contributed by atoms with van der Waals surface area (Å²) in [6, 6.07) is 8.19. The van der Waals surface area contributed by atoms with Gasteiger partial charge in [0.15, 0.2) is 0 Å². The molecule has 0 aliphatic rings. The molecule has 0 unspecified atom stereocenters. The molecule has 1 aromatic carbocycles. The van der Waals surface area contributed by atoms with Gasteiger partial charge in [0.2, 0.25) is 0 Å². The second-order valence-corrected chi connectivity index (χ2v) is 3.80. The number of rotatable bonds is 2. The van der Waals surface area contributed by atoms with Crippen molar-refractivity contribution in [3.8, 4) is 6.07 Å². The fourth-order valence-electron chi connectivity index (χ4n) is 1.51. The molecule has 0 atom stereocenters. The van der Waals surface area contributed by atoms with Crippen LogP contribution in [-0.4, -0.2) is 14.8 Å². The normalized spacial score (nSPS) is 10.1. The highest BCUT2D eigenvalue weighted by Gasteiger charge is 2.01. The van der Waals surface area contributed by atoms with E-state index in [1.807, 2.05) is 6.07 Å². The van der Waals surface area contributed by atoms with Gasteiger partial charge in [-0.05, 0) is 30.5 Å². The van der Waals surface area contributed by atoms with Gasteiger partial charge in [0.25, 0.3) is 5.82 Å². The minimum absolute atomic E-state index is 0.212. The third-order valence-electron chi connectivity index (χ3n) is 2.55. The van der Waals surface area contributed by atoms with Gasteiger partial charge in [0.05, 0.1) is 6.54 Å². The second-order valence-electron chi connectivity index (χ2n) is 3.80. The van der Waals surface area contributed by atoms with Crippen LogP contribution in [-0.2, 0) is 6.54 Å². The Hall–Kier alpha value is -2.15. The van der Waals surface area contributed by atoms with Gasteiger partial charge in [-0.25, -0.2) is 9.67 Å². The first-order valence-corrected chi connectivity index (χ1v) is 5.05. The third-order valence-corrected chi connectivity index (χ3v) is 2.55. The van der Waals surface area contributed by atoms with Crippen LogP contribution >= 0.6 is 0 Å². The van der Waals surface area contributed by atoms with Gasteiger partial charge in [-0.15, -0.1) is 5.10 Å². The van der Waals surface area contributed by atoms with Crippen LogP contribution in [0.4, 0.5) is 0 Å². The number of aromatic nitrogens is 3. The molecular formula is C12H12N4. The van der Waals surface area contributed by atoms with Crippen molar-refractivity contribution in [2.24, 2.45) is 0 Å². The summed E-state index contributed by atoms with van der Waals surface area (Å²) in [6.45, 7) is 4.82. The molecule has 1 aromatic heterocycles. The molecule has 4 heteroatoms. The van der Waals surface area contributed by atoms with Crippen LogP contribution in [0.3, 0.4) is 0 Å². The van der Waals surface area contributed by atoms with E-state index in [-0.39, 0.29) is 5.82 Å². The molecule has 0 saturated carbocycles.